The number of nitrogens with one attached hydrogen (secondary N) is 1. The number of rotatable bonds is 3. The van der Waals surface area contributed by atoms with Crippen molar-refractivity contribution in [1.29, 1.82) is 0 Å². The van der Waals surface area contributed by atoms with Gasteiger partial charge in [0.2, 0.25) is 12.7 Å². The van der Waals surface area contributed by atoms with Crippen molar-refractivity contribution in [3.05, 3.63) is 47.5 Å². The Balaban J connectivity index is 1.57. The molecule has 2 heterocycles. The summed E-state index contributed by atoms with van der Waals surface area (Å²) in [5.74, 6) is 0.821. The molecule has 2 aliphatic heterocycles. The van der Waals surface area contributed by atoms with Gasteiger partial charge in [-0.15, -0.1) is 11.8 Å². The molecule has 0 saturated heterocycles. The molecule has 2 aliphatic rings. The molecule has 0 aromatic heterocycles. The van der Waals surface area contributed by atoms with Crippen molar-refractivity contribution in [2.24, 2.45) is 0 Å². The molecule has 1 N–H and O–H groups in total. The van der Waals surface area contributed by atoms with Gasteiger partial charge in [0, 0.05) is 16.5 Å². The first-order valence-corrected chi connectivity index (χ1v) is 8.50. The maximum atomic E-state index is 12.6. The van der Waals surface area contributed by atoms with E-state index in [0.717, 1.165) is 4.90 Å². The van der Waals surface area contributed by atoms with E-state index in [9.17, 15) is 9.59 Å². The van der Waals surface area contributed by atoms with E-state index in [4.69, 9.17) is 9.47 Å². The van der Waals surface area contributed by atoms with Crippen LogP contribution in [-0.2, 0) is 11.2 Å². The van der Waals surface area contributed by atoms with Gasteiger partial charge in [0.05, 0.1) is 10.9 Å². The van der Waals surface area contributed by atoms with E-state index >= 15 is 0 Å². The number of anilines is 1. The van der Waals surface area contributed by atoms with Crippen molar-refractivity contribution >= 4 is 29.1 Å². The van der Waals surface area contributed by atoms with Crippen LogP contribution in [0, 0.1) is 0 Å². The topological polar surface area (TPSA) is 64.6 Å². The number of benzene rings is 2. The Hall–Kier alpha value is -2.47. The van der Waals surface area contributed by atoms with Crippen molar-refractivity contribution in [3.63, 3.8) is 0 Å². The predicted octanol–water partition coefficient (Wildman–Crippen LogP) is 3.27. The summed E-state index contributed by atoms with van der Waals surface area (Å²) in [5, 5.41) is 2.68. The van der Waals surface area contributed by atoms with Gasteiger partial charge < -0.3 is 14.8 Å². The first kappa shape index (κ1) is 15.1. The molecule has 24 heavy (non-hydrogen) atoms. The normalized spacial score (nSPS) is 17.5. The van der Waals surface area contributed by atoms with Crippen molar-refractivity contribution in [2.45, 2.75) is 23.5 Å². The number of hydrogen-bond acceptors (Lipinski definition) is 5. The van der Waals surface area contributed by atoms with Crippen LogP contribution < -0.4 is 14.8 Å². The summed E-state index contributed by atoms with van der Waals surface area (Å²) < 4.78 is 10.6. The maximum Gasteiger partial charge on any atom is 0.238 e. The summed E-state index contributed by atoms with van der Waals surface area (Å²) in [6, 6.07) is 11.3. The van der Waals surface area contributed by atoms with Gasteiger partial charge in [0.1, 0.15) is 0 Å². The minimum Gasteiger partial charge on any atom is -0.454 e. The molecule has 0 bridgehead atoms. The van der Waals surface area contributed by atoms with Crippen LogP contribution in [0.1, 0.15) is 22.8 Å². The van der Waals surface area contributed by atoms with Gasteiger partial charge in [-0.1, -0.05) is 18.2 Å². The fourth-order valence-corrected chi connectivity index (χ4v) is 4.07. The average molecular weight is 341 g/mol. The number of Topliss-reactive ketones (excluding diaryl/α,β-unsaturated/α-hetero) is 1. The lowest BCUT2D eigenvalue weighted by Crippen LogP contribution is -2.25. The zero-order valence-electron chi connectivity index (χ0n) is 13.0. The Bertz CT molecular complexity index is 824. The highest BCUT2D eigenvalue weighted by atomic mass is 32.2. The minimum atomic E-state index is -0.201. The van der Waals surface area contributed by atoms with E-state index in [1.165, 1.54) is 12.5 Å². The first-order chi connectivity index (χ1) is 11.6. The minimum absolute atomic E-state index is 0.113. The Morgan fingerprint density at radius 2 is 1.92 bits per heavy atom. The van der Waals surface area contributed by atoms with Crippen LogP contribution in [-0.4, -0.2) is 23.7 Å². The van der Waals surface area contributed by atoms with Crippen LogP contribution >= 0.6 is 11.8 Å². The third kappa shape index (κ3) is 2.63. The predicted molar refractivity (Wildman–Crippen MR) is 91.0 cm³/mol. The number of hydrogen-bond donors (Lipinski definition) is 1. The second kappa shape index (κ2) is 5.87. The van der Waals surface area contributed by atoms with Crippen LogP contribution in [0.25, 0.3) is 0 Å². The Morgan fingerprint density at radius 3 is 2.67 bits per heavy atom. The quantitative estimate of drug-likeness (QED) is 0.868. The van der Waals surface area contributed by atoms with Gasteiger partial charge in [-0.3, -0.25) is 9.59 Å². The molecule has 0 saturated carbocycles. The summed E-state index contributed by atoms with van der Waals surface area (Å²) in [4.78, 5) is 25.7. The van der Waals surface area contributed by atoms with Crippen molar-refractivity contribution in [3.8, 4) is 11.5 Å². The van der Waals surface area contributed by atoms with Crippen molar-refractivity contribution in [2.75, 3.05) is 12.1 Å². The molecular formula is C18H15NO4S. The lowest BCUT2D eigenvalue weighted by Gasteiger charge is -2.13. The van der Waals surface area contributed by atoms with Gasteiger partial charge >= 0.3 is 0 Å². The molecule has 6 heteroatoms. The molecule has 1 unspecified atom stereocenters. The summed E-state index contributed by atoms with van der Waals surface area (Å²) >= 11 is 1.55. The standard InChI is InChI=1S/C18H15NO4S/c1-10(20)12-7-14-15(23-9-22-14)8-13(12)19-18(21)17-6-11-4-2-3-5-16(11)24-17/h2-5,7-8,17H,6,9H2,1H3,(H,19,21). The van der Waals surface area contributed by atoms with Gasteiger partial charge in [-0.2, -0.15) is 0 Å². The molecule has 0 fully saturated rings. The smallest absolute Gasteiger partial charge is 0.238 e. The lowest BCUT2D eigenvalue weighted by molar-refractivity contribution is -0.115. The first-order valence-electron chi connectivity index (χ1n) is 7.62. The Labute approximate surface area is 143 Å². The van der Waals surface area contributed by atoms with Crippen LogP contribution in [0.2, 0.25) is 0 Å². The monoisotopic (exact) mass is 341 g/mol. The van der Waals surface area contributed by atoms with Crippen molar-refractivity contribution in [1.82, 2.24) is 0 Å². The third-order valence-corrected chi connectivity index (χ3v) is 5.41. The maximum absolute atomic E-state index is 12.6. The van der Waals surface area contributed by atoms with Gasteiger partial charge in [-0.25, -0.2) is 0 Å². The van der Waals surface area contributed by atoms with E-state index in [-0.39, 0.29) is 23.7 Å². The number of ether oxygens (including phenoxy) is 2. The zero-order valence-corrected chi connectivity index (χ0v) is 13.8. The lowest BCUT2D eigenvalue weighted by atomic mass is 10.1. The Kier molecular flexibility index (Phi) is 3.69. The number of carbonyl (C=O) groups excluding carboxylic acids is 2. The number of amides is 1. The zero-order chi connectivity index (χ0) is 16.7. The summed E-state index contributed by atoms with van der Waals surface area (Å²) in [6.07, 6.45) is 0.687. The highest BCUT2D eigenvalue weighted by Crippen LogP contribution is 2.39. The van der Waals surface area contributed by atoms with Crippen LogP contribution in [0.3, 0.4) is 0 Å². The molecule has 0 spiro atoms. The van der Waals surface area contributed by atoms with Crippen LogP contribution in [0.5, 0.6) is 11.5 Å². The fraction of sp³-hybridized carbons (Fsp3) is 0.222. The SMILES string of the molecule is CC(=O)c1cc2c(cc1NC(=O)C1Cc3ccccc3S1)OCO2. The molecule has 2 aromatic rings. The number of fused-ring (bicyclic) bond motifs is 2. The van der Waals surface area contributed by atoms with Gasteiger partial charge in [0.25, 0.3) is 0 Å². The van der Waals surface area contributed by atoms with E-state index in [0.29, 0.717) is 29.2 Å². The highest BCUT2D eigenvalue weighted by Gasteiger charge is 2.29. The molecule has 1 amide bonds. The summed E-state index contributed by atoms with van der Waals surface area (Å²) in [5.41, 5.74) is 2.07. The Morgan fingerprint density at radius 1 is 1.17 bits per heavy atom. The number of thioether (sulfide) groups is 1. The van der Waals surface area contributed by atoms with Crippen molar-refractivity contribution < 1.29 is 19.1 Å². The summed E-state index contributed by atoms with van der Waals surface area (Å²) in [7, 11) is 0. The molecule has 122 valence electrons. The third-order valence-electron chi connectivity index (χ3n) is 4.09. The molecule has 5 nitrogen and oxygen atoms in total. The van der Waals surface area contributed by atoms with Crippen LogP contribution in [0.4, 0.5) is 5.69 Å². The van der Waals surface area contributed by atoms with E-state index in [1.54, 1.807) is 23.9 Å². The second-order valence-electron chi connectivity index (χ2n) is 5.71. The van der Waals surface area contributed by atoms with E-state index in [1.807, 2.05) is 24.3 Å². The second-order valence-corrected chi connectivity index (χ2v) is 6.96. The van der Waals surface area contributed by atoms with Crippen LogP contribution in [0.15, 0.2) is 41.3 Å². The molecule has 2 aromatic carbocycles. The average Bonchev–Trinajstić information content (AvgIpc) is 3.19. The molecule has 4 rings (SSSR count). The molecule has 0 radical (unpaired) electrons. The van der Waals surface area contributed by atoms with E-state index in [2.05, 4.69) is 5.32 Å². The van der Waals surface area contributed by atoms with Gasteiger partial charge in [-0.05, 0) is 31.0 Å². The largest absolute Gasteiger partial charge is 0.454 e. The van der Waals surface area contributed by atoms with Gasteiger partial charge in [0.15, 0.2) is 17.3 Å². The number of carbonyl (C=O) groups is 2. The molecule has 1 atom stereocenters. The van der Waals surface area contributed by atoms with E-state index < -0.39 is 0 Å². The highest BCUT2D eigenvalue weighted by molar-refractivity contribution is 8.01. The fourth-order valence-electron chi connectivity index (χ4n) is 2.88. The molecular weight excluding hydrogens is 326 g/mol. The molecule has 0 aliphatic carbocycles. The number of ketones is 1. The summed E-state index contributed by atoms with van der Waals surface area (Å²) in [6.45, 7) is 1.59.